The number of ether oxygens (including phenoxy) is 1. The van der Waals surface area contributed by atoms with E-state index in [1.165, 1.54) is 5.57 Å². The van der Waals surface area contributed by atoms with Crippen LogP contribution in [-0.2, 0) is 4.74 Å². The first-order valence-electron chi connectivity index (χ1n) is 4.68. The average molecular weight is 169 g/mol. The van der Waals surface area contributed by atoms with Crippen molar-refractivity contribution in [2.45, 2.75) is 32.7 Å². The summed E-state index contributed by atoms with van der Waals surface area (Å²) < 4.78 is 5.28. The van der Waals surface area contributed by atoms with E-state index in [0.29, 0.717) is 5.92 Å². The van der Waals surface area contributed by atoms with Crippen molar-refractivity contribution in [3.63, 3.8) is 0 Å². The van der Waals surface area contributed by atoms with Crippen LogP contribution in [0.15, 0.2) is 11.6 Å². The second kappa shape index (κ2) is 4.63. The van der Waals surface area contributed by atoms with Gasteiger partial charge in [-0.3, -0.25) is 0 Å². The number of hydrogen-bond donors (Lipinski definition) is 1. The molecule has 1 heterocycles. The lowest BCUT2D eigenvalue weighted by molar-refractivity contribution is 0.0628. The lowest BCUT2D eigenvalue weighted by atomic mass is 9.91. The minimum atomic E-state index is 0.235. The number of nitrogens with two attached hydrogens (primary N) is 1. The molecule has 1 atom stereocenters. The van der Waals surface area contributed by atoms with Crippen LogP contribution >= 0.6 is 0 Å². The summed E-state index contributed by atoms with van der Waals surface area (Å²) in [6.45, 7) is 5.96. The summed E-state index contributed by atoms with van der Waals surface area (Å²) in [6.07, 6.45) is 4.39. The molecule has 0 aromatic heterocycles. The Kier molecular flexibility index (Phi) is 3.76. The maximum Gasteiger partial charge on any atom is 0.0469 e. The number of allylic oxidation sites excluding steroid dienone is 1. The van der Waals surface area contributed by atoms with Gasteiger partial charge in [0.1, 0.15) is 0 Å². The Balaban J connectivity index is 2.39. The molecule has 0 aliphatic carbocycles. The Hall–Kier alpha value is -0.340. The van der Waals surface area contributed by atoms with Crippen LogP contribution in [0.25, 0.3) is 0 Å². The molecule has 1 unspecified atom stereocenters. The van der Waals surface area contributed by atoms with Crippen LogP contribution in [0.1, 0.15) is 26.7 Å². The highest BCUT2D eigenvalue weighted by molar-refractivity contribution is 5.02. The van der Waals surface area contributed by atoms with Crippen molar-refractivity contribution >= 4 is 0 Å². The van der Waals surface area contributed by atoms with Gasteiger partial charge in [-0.05, 0) is 32.6 Å². The van der Waals surface area contributed by atoms with Crippen LogP contribution in [0, 0.1) is 5.92 Å². The van der Waals surface area contributed by atoms with E-state index in [1.54, 1.807) is 0 Å². The van der Waals surface area contributed by atoms with Crippen molar-refractivity contribution < 1.29 is 4.74 Å². The summed E-state index contributed by atoms with van der Waals surface area (Å²) in [6, 6.07) is 0.235. The molecule has 2 N–H and O–H groups in total. The summed E-state index contributed by atoms with van der Waals surface area (Å²) in [5.41, 5.74) is 7.33. The van der Waals surface area contributed by atoms with E-state index >= 15 is 0 Å². The monoisotopic (exact) mass is 169 g/mol. The molecule has 2 heteroatoms. The summed E-state index contributed by atoms with van der Waals surface area (Å²) in [5.74, 6) is 0.633. The molecular formula is C10H19NO. The van der Waals surface area contributed by atoms with E-state index in [2.05, 4.69) is 19.9 Å². The highest BCUT2D eigenvalue weighted by Crippen LogP contribution is 2.18. The normalized spacial score (nSPS) is 21.9. The van der Waals surface area contributed by atoms with Gasteiger partial charge in [-0.25, -0.2) is 0 Å². The van der Waals surface area contributed by atoms with Gasteiger partial charge in [-0.1, -0.05) is 11.6 Å². The third-order valence-corrected chi connectivity index (χ3v) is 2.34. The van der Waals surface area contributed by atoms with Gasteiger partial charge in [0.05, 0.1) is 0 Å². The summed E-state index contributed by atoms with van der Waals surface area (Å²) in [5, 5.41) is 0. The predicted molar refractivity (Wildman–Crippen MR) is 50.9 cm³/mol. The topological polar surface area (TPSA) is 35.2 Å². The lowest BCUT2D eigenvalue weighted by Crippen LogP contribution is -2.32. The largest absolute Gasteiger partial charge is 0.381 e. The van der Waals surface area contributed by atoms with E-state index < -0.39 is 0 Å². The minimum Gasteiger partial charge on any atom is -0.381 e. The third-order valence-electron chi connectivity index (χ3n) is 2.34. The molecular weight excluding hydrogens is 150 g/mol. The number of rotatable bonds is 2. The molecule has 12 heavy (non-hydrogen) atoms. The standard InChI is InChI=1S/C10H19NO/c1-8(2)7-10(11)9-3-5-12-6-4-9/h7,9-10H,3-6,11H2,1-2H3. The zero-order valence-corrected chi connectivity index (χ0v) is 8.05. The molecule has 0 aromatic rings. The Bertz CT molecular complexity index is 155. The van der Waals surface area contributed by atoms with Crippen LogP contribution in [-0.4, -0.2) is 19.3 Å². The quantitative estimate of drug-likeness (QED) is 0.639. The van der Waals surface area contributed by atoms with Gasteiger partial charge in [0.25, 0.3) is 0 Å². The first kappa shape index (κ1) is 9.75. The average Bonchev–Trinajstić information content (AvgIpc) is 2.05. The molecule has 1 aliphatic rings. The first-order valence-corrected chi connectivity index (χ1v) is 4.68. The van der Waals surface area contributed by atoms with Crippen molar-refractivity contribution in [1.82, 2.24) is 0 Å². The van der Waals surface area contributed by atoms with Crippen LogP contribution in [0.2, 0.25) is 0 Å². The van der Waals surface area contributed by atoms with Crippen molar-refractivity contribution in [3.05, 3.63) is 11.6 Å². The first-order chi connectivity index (χ1) is 5.70. The predicted octanol–water partition coefficient (Wildman–Crippen LogP) is 1.71. The van der Waals surface area contributed by atoms with Crippen molar-refractivity contribution in [2.24, 2.45) is 11.7 Å². The van der Waals surface area contributed by atoms with E-state index in [9.17, 15) is 0 Å². The van der Waals surface area contributed by atoms with Crippen LogP contribution < -0.4 is 5.73 Å². The summed E-state index contributed by atoms with van der Waals surface area (Å²) in [4.78, 5) is 0. The second-order valence-corrected chi connectivity index (χ2v) is 3.77. The molecule has 1 saturated heterocycles. The van der Waals surface area contributed by atoms with Gasteiger partial charge in [0, 0.05) is 19.3 Å². The van der Waals surface area contributed by atoms with Gasteiger partial charge in [-0.15, -0.1) is 0 Å². The van der Waals surface area contributed by atoms with Crippen LogP contribution in [0.5, 0.6) is 0 Å². The van der Waals surface area contributed by atoms with E-state index in [0.717, 1.165) is 26.1 Å². The molecule has 0 spiro atoms. The Morgan fingerprint density at radius 3 is 2.50 bits per heavy atom. The molecule has 1 aliphatic heterocycles. The summed E-state index contributed by atoms with van der Waals surface area (Å²) in [7, 11) is 0. The molecule has 0 saturated carbocycles. The molecule has 70 valence electrons. The van der Waals surface area contributed by atoms with E-state index in [-0.39, 0.29) is 6.04 Å². The highest BCUT2D eigenvalue weighted by atomic mass is 16.5. The van der Waals surface area contributed by atoms with Crippen molar-refractivity contribution in [2.75, 3.05) is 13.2 Å². The molecule has 0 radical (unpaired) electrons. The van der Waals surface area contributed by atoms with Gasteiger partial charge in [-0.2, -0.15) is 0 Å². The zero-order chi connectivity index (χ0) is 8.97. The smallest absolute Gasteiger partial charge is 0.0469 e. The highest BCUT2D eigenvalue weighted by Gasteiger charge is 2.18. The fourth-order valence-corrected chi connectivity index (χ4v) is 1.62. The van der Waals surface area contributed by atoms with E-state index in [1.807, 2.05) is 0 Å². The van der Waals surface area contributed by atoms with Crippen LogP contribution in [0.4, 0.5) is 0 Å². The van der Waals surface area contributed by atoms with Gasteiger partial charge in [0.15, 0.2) is 0 Å². The van der Waals surface area contributed by atoms with Crippen LogP contribution in [0.3, 0.4) is 0 Å². The maximum atomic E-state index is 6.02. The molecule has 0 amide bonds. The molecule has 1 rings (SSSR count). The second-order valence-electron chi connectivity index (χ2n) is 3.77. The zero-order valence-electron chi connectivity index (χ0n) is 8.05. The Morgan fingerprint density at radius 1 is 1.42 bits per heavy atom. The van der Waals surface area contributed by atoms with Gasteiger partial charge in [0.2, 0.25) is 0 Å². The molecule has 0 bridgehead atoms. The maximum absolute atomic E-state index is 6.02. The van der Waals surface area contributed by atoms with Crippen molar-refractivity contribution in [1.29, 1.82) is 0 Å². The van der Waals surface area contributed by atoms with Crippen molar-refractivity contribution in [3.8, 4) is 0 Å². The summed E-state index contributed by atoms with van der Waals surface area (Å²) >= 11 is 0. The number of hydrogen-bond acceptors (Lipinski definition) is 2. The lowest BCUT2D eigenvalue weighted by Gasteiger charge is -2.25. The van der Waals surface area contributed by atoms with E-state index in [4.69, 9.17) is 10.5 Å². The van der Waals surface area contributed by atoms with Gasteiger partial charge >= 0.3 is 0 Å². The SMILES string of the molecule is CC(C)=CC(N)C1CCOCC1. The Labute approximate surface area is 74.8 Å². The Morgan fingerprint density at radius 2 is 2.00 bits per heavy atom. The fraction of sp³-hybridized carbons (Fsp3) is 0.800. The molecule has 1 fully saturated rings. The molecule has 2 nitrogen and oxygen atoms in total. The molecule has 0 aromatic carbocycles. The third kappa shape index (κ3) is 2.95. The van der Waals surface area contributed by atoms with Gasteiger partial charge < -0.3 is 10.5 Å². The fourth-order valence-electron chi connectivity index (χ4n) is 1.62. The minimum absolute atomic E-state index is 0.235.